The van der Waals surface area contributed by atoms with Crippen molar-refractivity contribution in [2.75, 3.05) is 13.2 Å². The molecule has 0 aliphatic rings. The number of rotatable bonds is 8. The van der Waals surface area contributed by atoms with Gasteiger partial charge in [-0.3, -0.25) is 4.79 Å². The molecule has 0 bridgehead atoms. The van der Waals surface area contributed by atoms with Crippen LogP contribution in [0.1, 0.15) is 38.7 Å². The van der Waals surface area contributed by atoms with Crippen LogP contribution < -0.4 is 0 Å². The zero-order valence-electron chi connectivity index (χ0n) is 12.6. The Balaban J connectivity index is 2.68. The Labute approximate surface area is 136 Å². The Morgan fingerprint density at radius 2 is 1.95 bits per heavy atom. The fourth-order valence-electron chi connectivity index (χ4n) is 2.46. The molecule has 0 saturated carbocycles. The third-order valence-electron chi connectivity index (χ3n) is 3.67. The van der Waals surface area contributed by atoms with E-state index in [1.54, 1.807) is 17.0 Å². The van der Waals surface area contributed by atoms with Crippen LogP contribution in [0.15, 0.2) is 18.2 Å². The van der Waals surface area contributed by atoms with E-state index >= 15 is 0 Å². The molecule has 0 spiro atoms. The summed E-state index contributed by atoms with van der Waals surface area (Å²) in [5.41, 5.74) is 0.919. The molecule has 0 atom stereocenters. The maximum absolute atomic E-state index is 12.4. The van der Waals surface area contributed by atoms with Crippen molar-refractivity contribution in [2.24, 2.45) is 0 Å². The molecule has 118 valence electrons. The number of carbonyl (C=O) groups excluding carboxylic acids is 1. The van der Waals surface area contributed by atoms with Crippen LogP contribution in [0, 0.1) is 0 Å². The van der Waals surface area contributed by atoms with E-state index < -0.39 is 0 Å². The minimum Gasteiger partial charge on any atom is -0.395 e. The molecule has 1 amide bonds. The molecule has 1 rings (SSSR count). The van der Waals surface area contributed by atoms with E-state index in [1.807, 2.05) is 6.07 Å². The molecule has 0 heterocycles. The number of carbonyl (C=O) groups is 1. The van der Waals surface area contributed by atoms with Gasteiger partial charge in [-0.25, -0.2) is 0 Å². The van der Waals surface area contributed by atoms with Crippen LogP contribution in [0.3, 0.4) is 0 Å². The minimum atomic E-state index is -0.00998. The van der Waals surface area contributed by atoms with Crippen LogP contribution in [-0.4, -0.2) is 35.1 Å². The maximum Gasteiger partial charge on any atom is 0.223 e. The SMILES string of the molecule is CCC(CC)N(CCO)C(=O)CCc1ccc(Cl)cc1Cl. The van der Waals surface area contributed by atoms with Gasteiger partial charge in [-0.1, -0.05) is 43.1 Å². The summed E-state index contributed by atoms with van der Waals surface area (Å²) in [6.45, 7) is 4.49. The topological polar surface area (TPSA) is 40.5 Å². The van der Waals surface area contributed by atoms with Gasteiger partial charge in [0.25, 0.3) is 0 Å². The lowest BCUT2D eigenvalue weighted by atomic mass is 10.1. The Hall–Kier alpha value is -0.770. The first kappa shape index (κ1) is 18.3. The highest BCUT2D eigenvalue weighted by Gasteiger charge is 2.20. The summed E-state index contributed by atoms with van der Waals surface area (Å²) in [6, 6.07) is 5.51. The zero-order chi connectivity index (χ0) is 15.8. The largest absolute Gasteiger partial charge is 0.395 e. The van der Waals surface area contributed by atoms with Crippen LogP contribution in [0.4, 0.5) is 0 Å². The molecule has 0 radical (unpaired) electrons. The third kappa shape index (κ3) is 5.50. The summed E-state index contributed by atoms with van der Waals surface area (Å²) < 4.78 is 0. The van der Waals surface area contributed by atoms with Crippen LogP contribution >= 0.6 is 23.2 Å². The fourth-order valence-corrected chi connectivity index (χ4v) is 2.96. The number of benzene rings is 1. The number of amides is 1. The maximum atomic E-state index is 12.4. The van der Waals surface area contributed by atoms with Crippen molar-refractivity contribution < 1.29 is 9.90 Å². The van der Waals surface area contributed by atoms with Gasteiger partial charge in [-0.05, 0) is 37.0 Å². The highest BCUT2D eigenvalue weighted by molar-refractivity contribution is 6.35. The second-order valence-corrected chi connectivity index (χ2v) is 5.86. The Morgan fingerprint density at radius 3 is 2.48 bits per heavy atom. The van der Waals surface area contributed by atoms with E-state index in [1.165, 1.54) is 0 Å². The van der Waals surface area contributed by atoms with Crippen molar-refractivity contribution >= 4 is 29.1 Å². The fraction of sp³-hybridized carbons (Fsp3) is 0.562. The van der Waals surface area contributed by atoms with Crippen molar-refractivity contribution in [1.29, 1.82) is 0 Å². The number of aryl methyl sites for hydroxylation is 1. The van der Waals surface area contributed by atoms with Crippen molar-refractivity contribution in [3.8, 4) is 0 Å². The smallest absolute Gasteiger partial charge is 0.223 e. The van der Waals surface area contributed by atoms with Gasteiger partial charge in [0.15, 0.2) is 0 Å². The van der Waals surface area contributed by atoms with Crippen molar-refractivity contribution in [3.05, 3.63) is 33.8 Å². The van der Waals surface area contributed by atoms with Crippen molar-refractivity contribution in [2.45, 2.75) is 45.6 Å². The molecule has 0 saturated heterocycles. The van der Waals surface area contributed by atoms with Crippen LogP contribution in [0.25, 0.3) is 0 Å². The number of aliphatic hydroxyl groups excluding tert-OH is 1. The van der Waals surface area contributed by atoms with E-state index in [9.17, 15) is 4.79 Å². The summed E-state index contributed by atoms with van der Waals surface area (Å²) in [5, 5.41) is 10.3. The molecule has 21 heavy (non-hydrogen) atoms. The molecule has 0 aromatic heterocycles. The average Bonchev–Trinajstić information content (AvgIpc) is 2.46. The van der Waals surface area contributed by atoms with Gasteiger partial charge in [0, 0.05) is 29.1 Å². The number of aliphatic hydroxyl groups is 1. The highest BCUT2D eigenvalue weighted by atomic mass is 35.5. The Kier molecular flexibility index (Phi) is 8.09. The van der Waals surface area contributed by atoms with Crippen molar-refractivity contribution in [3.63, 3.8) is 0 Å². The number of halogens is 2. The normalized spacial score (nSPS) is 11.0. The van der Waals surface area contributed by atoms with E-state index in [-0.39, 0.29) is 18.6 Å². The molecule has 0 aliphatic carbocycles. The molecule has 5 heteroatoms. The lowest BCUT2D eigenvalue weighted by Crippen LogP contribution is -2.41. The molecule has 0 aliphatic heterocycles. The molecule has 1 aromatic rings. The summed E-state index contributed by atoms with van der Waals surface area (Å²) in [4.78, 5) is 14.2. The highest BCUT2D eigenvalue weighted by Crippen LogP contribution is 2.22. The van der Waals surface area contributed by atoms with Gasteiger partial charge >= 0.3 is 0 Å². The number of hydrogen-bond acceptors (Lipinski definition) is 2. The van der Waals surface area contributed by atoms with E-state index in [0.29, 0.717) is 29.4 Å². The molecule has 1 N–H and O–H groups in total. The van der Waals surface area contributed by atoms with E-state index in [2.05, 4.69) is 13.8 Å². The average molecular weight is 332 g/mol. The summed E-state index contributed by atoms with van der Waals surface area (Å²) in [5.74, 6) is 0.0590. The van der Waals surface area contributed by atoms with Crippen LogP contribution in [-0.2, 0) is 11.2 Å². The summed E-state index contributed by atoms with van der Waals surface area (Å²) >= 11 is 12.0. The van der Waals surface area contributed by atoms with Gasteiger partial charge in [0.05, 0.1) is 6.61 Å². The lowest BCUT2D eigenvalue weighted by molar-refractivity contribution is -0.134. The monoisotopic (exact) mass is 331 g/mol. The predicted octanol–water partition coefficient (Wildman–Crippen LogP) is 3.94. The van der Waals surface area contributed by atoms with Gasteiger partial charge in [0.2, 0.25) is 5.91 Å². The lowest BCUT2D eigenvalue weighted by Gasteiger charge is -2.30. The van der Waals surface area contributed by atoms with Gasteiger partial charge in [-0.2, -0.15) is 0 Å². The summed E-state index contributed by atoms with van der Waals surface area (Å²) in [6.07, 6.45) is 2.75. The standard InChI is InChI=1S/C16H23Cl2NO2/c1-3-14(4-2)19(9-10-20)16(21)8-6-12-5-7-13(17)11-15(12)18/h5,7,11,14,20H,3-4,6,8-10H2,1-2H3. The number of nitrogens with zero attached hydrogens (tertiary/aromatic N) is 1. The minimum absolute atomic E-state index is 0.00998. The van der Waals surface area contributed by atoms with Crippen molar-refractivity contribution in [1.82, 2.24) is 4.90 Å². The predicted molar refractivity (Wildman–Crippen MR) is 88.0 cm³/mol. The first-order valence-electron chi connectivity index (χ1n) is 7.37. The quantitative estimate of drug-likeness (QED) is 0.783. The Morgan fingerprint density at radius 1 is 1.29 bits per heavy atom. The van der Waals surface area contributed by atoms with Gasteiger partial charge in [-0.15, -0.1) is 0 Å². The zero-order valence-corrected chi connectivity index (χ0v) is 14.1. The first-order valence-corrected chi connectivity index (χ1v) is 8.13. The Bertz CT molecular complexity index is 462. The molecule has 1 aromatic carbocycles. The number of hydrogen-bond donors (Lipinski definition) is 1. The van der Waals surface area contributed by atoms with Gasteiger partial charge in [0.1, 0.15) is 0 Å². The first-order chi connectivity index (χ1) is 10.0. The summed E-state index contributed by atoms with van der Waals surface area (Å²) in [7, 11) is 0. The molecule has 3 nitrogen and oxygen atoms in total. The van der Waals surface area contributed by atoms with Crippen LogP contribution in [0.5, 0.6) is 0 Å². The van der Waals surface area contributed by atoms with Gasteiger partial charge < -0.3 is 10.0 Å². The molecular formula is C16H23Cl2NO2. The third-order valence-corrected chi connectivity index (χ3v) is 4.25. The second-order valence-electron chi connectivity index (χ2n) is 5.02. The molecular weight excluding hydrogens is 309 g/mol. The molecule has 0 unspecified atom stereocenters. The van der Waals surface area contributed by atoms with E-state index in [0.717, 1.165) is 18.4 Å². The van der Waals surface area contributed by atoms with E-state index in [4.69, 9.17) is 28.3 Å². The van der Waals surface area contributed by atoms with Crippen LogP contribution in [0.2, 0.25) is 10.0 Å². The second kappa shape index (κ2) is 9.29. The molecule has 0 fully saturated rings.